The van der Waals surface area contributed by atoms with Crippen LogP contribution < -0.4 is 10.1 Å². The zero-order valence-corrected chi connectivity index (χ0v) is 18.6. The first kappa shape index (κ1) is 22.7. The van der Waals surface area contributed by atoms with Gasteiger partial charge in [0.2, 0.25) is 12.2 Å². The van der Waals surface area contributed by atoms with Crippen molar-refractivity contribution in [3.05, 3.63) is 65.7 Å². The lowest BCUT2D eigenvalue weighted by atomic mass is 9.95. The summed E-state index contributed by atoms with van der Waals surface area (Å²) in [5.74, 6) is 0.769. The van der Waals surface area contributed by atoms with E-state index in [2.05, 4.69) is 19.2 Å². The molecule has 0 bridgehead atoms. The molecule has 172 valence electrons. The van der Waals surface area contributed by atoms with Crippen molar-refractivity contribution >= 4 is 5.91 Å². The number of hydrogen-bond donors (Lipinski definition) is 2. The van der Waals surface area contributed by atoms with Crippen LogP contribution >= 0.6 is 0 Å². The van der Waals surface area contributed by atoms with E-state index in [-0.39, 0.29) is 12.5 Å². The summed E-state index contributed by atoms with van der Waals surface area (Å²) in [6.07, 6.45) is -2.67. The monoisotopic (exact) mass is 441 g/mol. The summed E-state index contributed by atoms with van der Waals surface area (Å²) in [6.45, 7) is 5.96. The topological polar surface area (TPSA) is 86.2 Å². The van der Waals surface area contributed by atoms with Gasteiger partial charge in [0.25, 0.3) is 0 Å². The third-order valence-electron chi connectivity index (χ3n) is 6.12. The van der Waals surface area contributed by atoms with Crippen molar-refractivity contribution in [3.8, 4) is 5.75 Å². The van der Waals surface area contributed by atoms with Crippen molar-refractivity contribution < 1.29 is 28.8 Å². The Hall–Kier alpha value is -2.45. The molecular weight excluding hydrogens is 410 g/mol. The van der Waals surface area contributed by atoms with E-state index < -0.39 is 36.9 Å². The third kappa shape index (κ3) is 4.96. The number of carbonyl (C=O) groups excluding carboxylic acids is 1. The fourth-order valence-electron chi connectivity index (χ4n) is 4.11. The third-order valence-corrected chi connectivity index (χ3v) is 6.12. The van der Waals surface area contributed by atoms with Crippen LogP contribution in [-0.2, 0) is 19.0 Å². The molecule has 0 radical (unpaired) electrons. The van der Waals surface area contributed by atoms with Crippen LogP contribution in [0.2, 0.25) is 0 Å². The molecule has 2 aromatic rings. The molecule has 0 unspecified atom stereocenters. The number of ether oxygens (including phenoxy) is 4. The first-order chi connectivity index (χ1) is 15.5. The van der Waals surface area contributed by atoms with Gasteiger partial charge < -0.3 is 29.4 Å². The molecular formula is C25H31NO6. The molecule has 32 heavy (non-hydrogen) atoms. The summed E-state index contributed by atoms with van der Waals surface area (Å²) in [4.78, 5) is 11.9. The number of hydrogen-bond acceptors (Lipinski definition) is 6. The van der Waals surface area contributed by atoms with Crippen molar-refractivity contribution in [3.63, 3.8) is 0 Å². The Morgan fingerprint density at radius 1 is 1.16 bits per heavy atom. The van der Waals surface area contributed by atoms with Crippen molar-refractivity contribution in [2.24, 2.45) is 0 Å². The Bertz CT molecular complexity index is 889. The van der Waals surface area contributed by atoms with Gasteiger partial charge in [-0.2, -0.15) is 0 Å². The SMILES string of the molecule is CC[C@H](C)c1ccc(O[C@@H]2O[C@@H]3CO[C@@H](c4ccccc4)O[C@H]3[C@H](O)[C@H]2NC(C)=O)cc1. The number of amides is 1. The minimum absolute atomic E-state index is 0.237. The van der Waals surface area contributed by atoms with E-state index in [4.69, 9.17) is 18.9 Å². The largest absolute Gasteiger partial charge is 0.463 e. The van der Waals surface area contributed by atoms with E-state index in [9.17, 15) is 9.90 Å². The molecule has 0 spiro atoms. The molecule has 7 heteroatoms. The predicted molar refractivity (Wildman–Crippen MR) is 118 cm³/mol. The first-order valence-electron chi connectivity index (χ1n) is 11.2. The highest BCUT2D eigenvalue weighted by molar-refractivity contribution is 5.73. The molecule has 2 N–H and O–H groups in total. The number of fused-ring (bicyclic) bond motifs is 1. The van der Waals surface area contributed by atoms with Gasteiger partial charge in [-0.3, -0.25) is 4.79 Å². The lowest BCUT2D eigenvalue weighted by Crippen LogP contribution is -2.67. The summed E-state index contributed by atoms with van der Waals surface area (Å²) in [5.41, 5.74) is 2.08. The molecule has 1 amide bonds. The van der Waals surface area contributed by atoms with Gasteiger partial charge in [-0.1, -0.05) is 56.3 Å². The fourth-order valence-corrected chi connectivity index (χ4v) is 4.11. The molecule has 2 saturated heterocycles. The first-order valence-corrected chi connectivity index (χ1v) is 11.2. The molecule has 0 aromatic heterocycles. The van der Waals surface area contributed by atoms with Gasteiger partial charge in [-0.25, -0.2) is 0 Å². The molecule has 2 fully saturated rings. The van der Waals surface area contributed by atoms with E-state index in [1.807, 2.05) is 54.6 Å². The maximum absolute atomic E-state index is 11.9. The Kier molecular flexibility index (Phi) is 7.10. The van der Waals surface area contributed by atoms with Crippen LogP contribution in [0.1, 0.15) is 50.5 Å². The maximum Gasteiger partial charge on any atom is 0.223 e. The number of nitrogens with one attached hydrogen (secondary N) is 1. The lowest BCUT2D eigenvalue weighted by molar-refractivity contribution is -0.333. The molecule has 2 aliphatic heterocycles. The second-order valence-corrected chi connectivity index (χ2v) is 8.43. The van der Waals surface area contributed by atoms with Crippen LogP contribution in [0.4, 0.5) is 0 Å². The van der Waals surface area contributed by atoms with Crippen LogP contribution in [0.3, 0.4) is 0 Å². The highest BCUT2D eigenvalue weighted by Crippen LogP contribution is 2.35. The van der Waals surface area contributed by atoms with Crippen LogP contribution in [0.5, 0.6) is 5.75 Å². The van der Waals surface area contributed by atoms with Gasteiger partial charge in [0.15, 0.2) is 6.29 Å². The minimum Gasteiger partial charge on any atom is -0.463 e. The maximum atomic E-state index is 11.9. The van der Waals surface area contributed by atoms with Gasteiger partial charge in [-0.05, 0) is 30.0 Å². The van der Waals surface area contributed by atoms with Crippen LogP contribution in [0.15, 0.2) is 54.6 Å². The smallest absolute Gasteiger partial charge is 0.223 e. The Morgan fingerprint density at radius 2 is 1.88 bits per heavy atom. The molecule has 2 heterocycles. The van der Waals surface area contributed by atoms with Crippen LogP contribution in [0.25, 0.3) is 0 Å². The van der Waals surface area contributed by atoms with E-state index in [0.29, 0.717) is 11.7 Å². The molecule has 2 aromatic carbocycles. The highest BCUT2D eigenvalue weighted by Gasteiger charge is 2.50. The van der Waals surface area contributed by atoms with Gasteiger partial charge in [0.05, 0.1) is 6.61 Å². The molecule has 0 saturated carbocycles. The van der Waals surface area contributed by atoms with Crippen LogP contribution in [0, 0.1) is 0 Å². The summed E-state index contributed by atoms with van der Waals surface area (Å²) in [5, 5.41) is 13.9. The molecule has 0 aliphatic carbocycles. The van der Waals surface area contributed by atoms with Crippen molar-refractivity contribution in [2.75, 3.05) is 6.61 Å². The van der Waals surface area contributed by atoms with Gasteiger partial charge in [0.1, 0.15) is 30.1 Å². The van der Waals surface area contributed by atoms with E-state index >= 15 is 0 Å². The molecule has 7 nitrogen and oxygen atoms in total. The van der Waals surface area contributed by atoms with E-state index in [0.717, 1.165) is 12.0 Å². The van der Waals surface area contributed by atoms with Crippen molar-refractivity contribution in [1.29, 1.82) is 0 Å². The minimum atomic E-state index is -1.03. The van der Waals surface area contributed by atoms with Crippen molar-refractivity contribution in [2.45, 2.75) is 70.0 Å². The summed E-state index contributed by atoms with van der Waals surface area (Å²) in [6, 6.07) is 16.5. The fraction of sp³-hybridized carbons (Fsp3) is 0.480. The summed E-state index contributed by atoms with van der Waals surface area (Å²) < 4.78 is 24.1. The van der Waals surface area contributed by atoms with E-state index in [1.54, 1.807) is 0 Å². The Labute approximate surface area is 188 Å². The average molecular weight is 442 g/mol. The molecule has 2 aliphatic rings. The van der Waals surface area contributed by atoms with Gasteiger partial charge >= 0.3 is 0 Å². The molecule has 7 atom stereocenters. The van der Waals surface area contributed by atoms with Crippen molar-refractivity contribution in [1.82, 2.24) is 5.32 Å². The number of carbonyl (C=O) groups is 1. The quantitative estimate of drug-likeness (QED) is 0.716. The number of aliphatic hydroxyl groups excluding tert-OH is 1. The van der Waals surface area contributed by atoms with E-state index in [1.165, 1.54) is 12.5 Å². The standard InChI is InChI=1S/C25H31NO6/c1-4-15(2)17-10-12-19(13-11-17)30-25-21(26-16(3)27)22(28)23-20(31-25)14-29-24(32-23)18-8-6-5-7-9-18/h5-13,15,20-25,28H,4,14H2,1-3H3,(H,26,27)/t15-,20+,21+,22+,23+,24+,25+/m0/s1. The summed E-state index contributed by atoms with van der Waals surface area (Å²) >= 11 is 0. The lowest BCUT2D eigenvalue weighted by Gasteiger charge is -2.47. The highest BCUT2D eigenvalue weighted by atomic mass is 16.7. The zero-order valence-electron chi connectivity index (χ0n) is 18.6. The second kappa shape index (κ2) is 10.0. The predicted octanol–water partition coefficient (Wildman–Crippen LogP) is 3.28. The number of benzene rings is 2. The van der Waals surface area contributed by atoms with Crippen LogP contribution in [-0.4, -0.2) is 48.3 Å². The zero-order chi connectivity index (χ0) is 22.7. The number of aliphatic hydroxyl groups is 1. The molecule has 4 rings (SSSR count). The average Bonchev–Trinajstić information content (AvgIpc) is 2.82. The Balaban J connectivity index is 1.50. The normalized spacial score (nSPS) is 30.8. The van der Waals surface area contributed by atoms with Gasteiger partial charge in [-0.15, -0.1) is 0 Å². The number of rotatable bonds is 6. The summed E-state index contributed by atoms with van der Waals surface area (Å²) in [7, 11) is 0. The second-order valence-electron chi connectivity index (χ2n) is 8.43. The van der Waals surface area contributed by atoms with Gasteiger partial charge in [0, 0.05) is 12.5 Å². The Morgan fingerprint density at radius 3 is 2.53 bits per heavy atom.